The summed E-state index contributed by atoms with van der Waals surface area (Å²) in [5, 5.41) is 2.78. The van der Waals surface area contributed by atoms with Gasteiger partial charge in [0.25, 0.3) is 0 Å². The van der Waals surface area contributed by atoms with Crippen LogP contribution in [0.1, 0.15) is 36.6 Å². The van der Waals surface area contributed by atoms with Crippen LogP contribution in [-0.2, 0) is 4.74 Å². The maximum absolute atomic E-state index is 11.6. The van der Waals surface area contributed by atoms with Crippen LogP contribution < -0.4 is 11.1 Å². The molecule has 0 saturated carbocycles. The highest BCUT2D eigenvalue weighted by molar-refractivity contribution is 7.12. The second-order valence-corrected chi connectivity index (χ2v) is 6.20. The summed E-state index contributed by atoms with van der Waals surface area (Å²) >= 11 is 1.63. The van der Waals surface area contributed by atoms with Crippen molar-refractivity contribution in [3.8, 4) is 0 Å². The van der Waals surface area contributed by atoms with E-state index in [4.69, 9.17) is 10.5 Å². The lowest BCUT2D eigenvalue weighted by Crippen LogP contribution is -2.37. The number of rotatable bonds is 3. The van der Waals surface area contributed by atoms with Gasteiger partial charge in [-0.1, -0.05) is 0 Å². The number of hydrogen-bond donors (Lipinski definition) is 2. The molecule has 17 heavy (non-hydrogen) atoms. The van der Waals surface area contributed by atoms with Gasteiger partial charge in [-0.25, -0.2) is 4.79 Å². The highest BCUT2D eigenvalue weighted by Gasteiger charge is 2.20. The highest BCUT2D eigenvalue weighted by Crippen LogP contribution is 2.22. The summed E-state index contributed by atoms with van der Waals surface area (Å²) < 4.78 is 5.20. The Bertz CT molecular complexity index is 382. The van der Waals surface area contributed by atoms with Crippen LogP contribution in [0.15, 0.2) is 12.1 Å². The Morgan fingerprint density at radius 2 is 2.18 bits per heavy atom. The quantitative estimate of drug-likeness (QED) is 0.873. The van der Waals surface area contributed by atoms with Crippen LogP contribution in [-0.4, -0.2) is 18.2 Å². The maximum Gasteiger partial charge on any atom is 0.408 e. The molecule has 0 saturated heterocycles. The molecule has 1 aromatic heterocycles. The van der Waals surface area contributed by atoms with E-state index in [-0.39, 0.29) is 6.04 Å². The van der Waals surface area contributed by atoms with Crippen molar-refractivity contribution in [3.05, 3.63) is 21.9 Å². The molecule has 0 fully saturated rings. The maximum atomic E-state index is 11.6. The van der Waals surface area contributed by atoms with Crippen LogP contribution in [0.3, 0.4) is 0 Å². The Kier molecular flexibility index (Phi) is 4.54. The van der Waals surface area contributed by atoms with Crippen molar-refractivity contribution >= 4 is 17.4 Å². The van der Waals surface area contributed by atoms with Crippen molar-refractivity contribution in [3.63, 3.8) is 0 Å². The molecule has 1 unspecified atom stereocenters. The molecule has 1 heterocycles. The molecule has 0 radical (unpaired) electrons. The van der Waals surface area contributed by atoms with E-state index in [1.54, 1.807) is 11.3 Å². The third kappa shape index (κ3) is 4.75. The number of thiophene rings is 1. The van der Waals surface area contributed by atoms with Crippen molar-refractivity contribution in [2.75, 3.05) is 6.54 Å². The molecule has 5 heteroatoms. The van der Waals surface area contributed by atoms with Gasteiger partial charge in [-0.3, -0.25) is 0 Å². The number of nitrogens with two attached hydrogens (primary N) is 1. The zero-order valence-corrected chi connectivity index (χ0v) is 11.6. The molecule has 0 aliphatic rings. The molecule has 1 rings (SSSR count). The predicted molar refractivity (Wildman–Crippen MR) is 70.2 cm³/mol. The molecule has 0 aliphatic carbocycles. The topological polar surface area (TPSA) is 64.3 Å². The minimum atomic E-state index is -0.491. The van der Waals surface area contributed by atoms with E-state index in [0.29, 0.717) is 6.54 Å². The molecule has 0 spiro atoms. The molecule has 1 amide bonds. The fourth-order valence-corrected chi connectivity index (χ4v) is 2.28. The van der Waals surface area contributed by atoms with E-state index in [0.717, 1.165) is 4.88 Å². The zero-order chi connectivity index (χ0) is 13.1. The van der Waals surface area contributed by atoms with Crippen molar-refractivity contribution < 1.29 is 9.53 Å². The number of carbonyl (C=O) groups is 1. The Hall–Kier alpha value is -1.07. The minimum Gasteiger partial charge on any atom is -0.444 e. The number of nitrogens with one attached hydrogen (secondary N) is 1. The first-order chi connectivity index (χ1) is 7.81. The Morgan fingerprint density at radius 1 is 1.53 bits per heavy atom. The van der Waals surface area contributed by atoms with E-state index in [2.05, 4.69) is 5.32 Å². The third-order valence-electron chi connectivity index (χ3n) is 2.03. The van der Waals surface area contributed by atoms with Gasteiger partial charge < -0.3 is 15.8 Å². The largest absolute Gasteiger partial charge is 0.444 e. The van der Waals surface area contributed by atoms with Gasteiger partial charge in [-0.15, -0.1) is 11.3 Å². The summed E-state index contributed by atoms with van der Waals surface area (Å²) in [6, 6.07) is 3.82. The summed E-state index contributed by atoms with van der Waals surface area (Å²) in [7, 11) is 0. The lowest BCUT2D eigenvalue weighted by Gasteiger charge is -2.22. The average Bonchev–Trinajstić information content (AvgIpc) is 2.58. The lowest BCUT2D eigenvalue weighted by molar-refractivity contribution is 0.0506. The number of aryl methyl sites for hydroxylation is 1. The van der Waals surface area contributed by atoms with Gasteiger partial charge in [0.1, 0.15) is 5.60 Å². The van der Waals surface area contributed by atoms with Gasteiger partial charge in [-0.2, -0.15) is 0 Å². The van der Waals surface area contributed by atoms with Gasteiger partial charge in [-0.05, 0) is 39.8 Å². The second kappa shape index (κ2) is 5.51. The van der Waals surface area contributed by atoms with Crippen molar-refractivity contribution in [2.24, 2.45) is 5.73 Å². The predicted octanol–water partition coefficient (Wildman–Crippen LogP) is 2.58. The van der Waals surface area contributed by atoms with Crippen LogP contribution >= 0.6 is 11.3 Å². The monoisotopic (exact) mass is 256 g/mol. The number of ether oxygens (including phenoxy) is 1. The first-order valence-electron chi connectivity index (χ1n) is 5.58. The smallest absolute Gasteiger partial charge is 0.408 e. The van der Waals surface area contributed by atoms with E-state index < -0.39 is 11.7 Å². The molecular weight excluding hydrogens is 236 g/mol. The van der Waals surface area contributed by atoms with Gasteiger partial charge in [0.2, 0.25) is 0 Å². The summed E-state index contributed by atoms with van der Waals surface area (Å²) in [6.45, 7) is 7.88. The number of carbonyl (C=O) groups excluding carboxylic acids is 1. The Morgan fingerprint density at radius 3 is 2.59 bits per heavy atom. The van der Waals surface area contributed by atoms with E-state index in [9.17, 15) is 4.79 Å². The van der Waals surface area contributed by atoms with Crippen LogP contribution in [0.5, 0.6) is 0 Å². The molecule has 0 aromatic carbocycles. The summed E-state index contributed by atoms with van der Waals surface area (Å²) in [5.41, 5.74) is 5.17. The second-order valence-electron chi connectivity index (χ2n) is 4.88. The van der Waals surface area contributed by atoms with Gasteiger partial charge in [0.05, 0.1) is 6.04 Å². The number of amides is 1. The van der Waals surface area contributed by atoms with E-state index in [1.807, 2.05) is 39.8 Å². The number of alkyl carbamates (subject to hydrolysis) is 1. The fraction of sp³-hybridized carbons (Fsp3) is 0.583. The first kappa shape index (κ1) is 14.0. The van der Waals surface area contributed by atoms with Crippen molar-refractivity contribution in [1.29, 1.82) is 0 Å². The van der Waals surface area contributed by atoms with Crippen LogP contribution in [0.25, 0.3) is 0 Å². The summed E-state index contributed by atoms with van der Waals surface area (Å²) in [4.78, 5) is 13.9. The van der Waals surface area contributed by atoms with E-state index >= 15 is 0 Å². The normalized spacial score (nSPS) is 13.2. The molecular formula is C12H20N2O2S. The van der Waals surface area contributed by atoms with Crippen LogP contribution in [0.2, 0.25) is 0 Å². The number of hydrogen-bond acceptors (Lipinski definition) is 4. The highest BCUT2D eigenvalue weighted by atomic mass is 32.1. The standard InChI is InChI=1S/C12H20N2O2S/c1-8-5-6-10(17-8)9(7-13)14-11(15)16-12(2,3)4/h5-6,9H,7,13H2,1-4H3,(H,14,15). The van der Waals surface area contributed by atoms with Gasteiger partial charge in [0, 0.05) is 16.3 Å². The molecule has 96 valence electrons. The van der Waals surface area contributed by atoms with Gasteiger partial charge >= 0.3 is 6.09 Å². The summed E-state index contributed by atoms with van der Waals surface area (Å²) in [6.07, 6.45) is -0.431. The minimum absolute atomic E-state index is 0.177. The van der Waals surface area contributed by atoms with Gasteiger partial charge in [0.15, 0.2) is 0 Å². The molecule has 4 nitrogen and oxygen atoms in total. The zero-order valence-electron chi connectivity index (χ0n) is 10.7. The van der Waals surface area contributed by atoms with E-state index in [1.165, 1.54) is 4.88 Å². The average molecular weight is 256 g/mol. The Labute approximate surface area is 106 Å². The molecule has 0 aliphatic heterocycles. The van der Waals surface area contributed by atoms with Crippen molar-refractivity contribution in [2.45, 2.75) is 39.3 Å². The Balaban J connectivity index is 2.62. The molecule has 0 bridgehead atoms. The molecule has 1 aromatic rings. The SMILES string of the molecule is Cc1ccc(C(CN)NC(=O)OC(C)(C)C)s1. The fourth-order valence-electron chi connectivity index (χ4n) is 1.34. The lowest BCUT2D eigenvalue weighted by atomic mass is 10.2. The van der Waals surface area contributed by atoms with Crippen LogP contribution in [0.4, 0.5) is 4.79 Å². The first-order valence-corrected chi connectivity index (χ1v) is 6.39. The molecule has 3 N–H and O–H groups in total. The molecule has 1 atom stereocenters. The summed E-state index contributed by atoms with van der Waals surface area (Å²) in [5.74, 6) is 0. The van der Waals surface area contributed by atoms with Crippen LogP contribution in [0, 0.1) is 6.92 Å². The third-order valence-corrected chi connectivity index (χ3v) is 3.15. The van der Waals surface area contributed by atoms with Crippen molar-refractivity contribution in [1.82, 2.24) is 5.32 Å².